The molecule has 0 bridgehead atoms. The number of nitrogens with one attached hydrogen (secondary N) is 3. The summed E-state index contributed by atoms with van der Waals surface area (Å²) in [5.74, 6) is -1.02. The molecule has 28 heavy (non-hydrogen) atoms. The third-order valence-electron chi connectivity index (χ3n) is 3.80. The average Bonchev–Trinajstić information content (AvgIpc) is 2.66. The quantitative estimate of drug-likeness (QED) is 0.603. The summed E-state index contributed by atoms with van der Waals surface area (Å²) in [6.45, 7) is 3.82. The summed E-state index contributed by atoms with van der Waals surface area (Å²) in [6, 6.07) is 11.8. The van der Waals surface area contributed by atoms with E-state index >= 15 is 0 Å². The van der Waals surface area contributed by atoms with Gasteiger partial charge in [0.2, 0.25) is 10.0 Å². The van der Waals surface area contributed by atoms with E-state index in [-0.39, 0.29) is 17.1 Å². The number of sulfonamides is 1. The predicted molar refractivity (Wildman–Crippen MR) is 104 cm³/mol. The summed E-state index contributed by atoms with van der Waals surface area (Å²) in [5, 5.41) is 0. The van der Waals surface area contributed by atoms with Crippen LogP contribution in [0.25, 0.3) is 0 Å². The van der Waals surface area contributed by atoms with Crippen LogP contribution in [0.15, 0.2) is 53.4 Å². The number of hydrogen-bond donors (Lipinski definition) is 3. The third-order valence-corrected chi connectivity index (χ3v) is 5.41. The van der Waals surface area contributed by atoms with Gasteiger partial charge in [0.25, 0.3) is 11.8 Å². The highest BCUT2D eigenvalue weighted by atomic mass is 32.2. The molecule has 0 spiro atoms. The number of methoxy groups -OCH3 is 1. The van der Waals surface area contributed by atoms with Crippen molar-refractivity contribution in [3.63, 3.8) is 0 Å². The van der Waals surface area contributed by atoms with Crippen LogP contribution in [0.2, 0.25) is 0 Å². The van der Waals surface area contributed by atoms with Crippen LogP contribution in [0, 0.1) is 6.92 Å². The van der Waals surface area contributed by atoms with Gasteiger partial charge in [0.15, 0.2) is 0 Å². The first-order valence-corrected chi connectivity index (χ1v) is 10.00. The highest BCUT2D eigenvalue weighted by Crippen LogP contribution is 2.11. The van der Waals surface area contributed by atoms with Crippen molar-refractivity contribution in [2.75, 3.05) is 13.7 Å². The monoisotopic (exact) mass is 405 g/mol. The van der Waals surface area contributed by atoms with E-state index in [2.05, 4.69) is 15.6 Å². The van der Waals surface area contributed by atoms with E-state index in [1.807, 2.05) is 6.92 Å². The van der Waals surface area contributed by atoms with E-state index in [1.165, 1.54) is 31.4 Å². The second-order valence-electron chi connectivity index (χ2n) is 6.28. The van der Waals surface area contributed by atoms with E-state index in [4.69, 9.17) is 4.74 Å². The fourth-order valence-electron chi connectivity index (χ4n) is 2.37. The first-order chi connectivity index (χ1) is 13.2. The summed E-state index contributed by atoms with van der Waals surface area (Å²) in [5.41, 5.74) is 6.24. The van der Waals surface area contributed by atoms with Crippen LogP contribution in [0.3, 0.4) is 0 Å². The minimum atomic E-state index is -3.72. The van der Waals surface area contributed by atoms with Crippen LogP contribution in [0.4, 0.5) is 0 Å². The zero-order chi connectivity index (χ0) is 20.7. The molecule has 0 saturated carbocycles. The molecule has 0 aliphatic heterocycles. The van der Waals surface area contributed by atoms with Gasteiger partial charge in [0.1, 0.15) is 0 Å². The molecule has 0 saturated heterocycles. The molecule has 2 aromatic carbocycles. The fourth-order valence-corrected chi connectivity index (χ4v) is 3.59. The first kappa shape index (κ1) is 21.5. The van der Waals surface area contributed by atoms with E-state index in [9.17, 15) is 18.0 Å². The summed E-state index contributed by atoms with van der Waals surface area (Å²) in [7, 11) is -2.24. The Kier molecular flexibility index (Phi) is 7.27. The maximum absolute atomic E-state index is 12.3. The van der Waals surface area contributed by atoms with Crippen molar-refractivity contribution < 1.29 is 22.7 Å². The standard InChI is InChI=1S/C19H23N3O5S/c1-13-4-6-15(7-5-13)18(23)20-21-19(24)16-8-10-17(11-9-16)28(25,26)22-14(2)12-27-3/h4-11,14,22H,12H2,1-3H3,(H,20,23)(H,21,24)/t14-/m1/s1. The van der Waals surface area contributed by atoms with Gasteiger partial charge in [0.05, 0.1) is 11.5 Å². The number of carbonyl (C=O) groups excluding carboxylic acids is 2. The number of amides is 2. The van der Waals surface area contributed by atoms with E-state index in [0.717, 1.165) is 5.56 Å². The lowest BCUT2D eigenvalue weighted by Gasteiger charge is -2.13. The predicted octanol–water partition coefficient (Wildman–Crippen LogP) is 1.38. The number of aryl methyl sites for hydroxylation is 1. The molecular weight excluding hydrogens is 382 g/mol. The average molecular weight is 405 g/mol. The number of hydrogen-bond acceptors (Lipinski definition) is 5. The second kappa shape index (κ2) is 9.45. The fraction of sp³-hybridized carbons (Fsp3) is 0.263. The van der Waals surface area contributed by atoms with Crippen LogP contribution in [-0.2, 0) is 14.8 Å². The van der Waals surface area contributed by atoms with E-state index in [1.54, 1.807) is 31.2 Å². The van der Waals surface area contributed by atoms with Gasteiger partial charge in [-0.1, -0.05) is 17.7 Å². The lowest BCUT2D eigenvalue weighted by molar-refractivity contribution is 0.0846. The van der Waals surface area contributed by atoms with Crippen molar-refractivity contribution in [3.05, 3.63) is 65.2 Å². The van der Waals surface area contributed by atoms with E-state index in [0.29, 0.717) is 5.56 Å². The summed E-state index contributed by atoms with van der Waals surface area (Å²) >= 11 is 0. The number of rotatable bonds is 7. The van der Waals surface area contributed by atoms with Crippen molar-refractivity contribution in [3.8, 4) is 0 Å². The number of ether oxygens (including phenoxy) is 1. The maximum atomic E-state index is 12.3. The topological polar surface area (TPSA) is 114 Å². The SMILES string of the molecule is COC[C@@H](C)NS(=O)(=O)c1ccc(C(=O)NNC(=O)c2ccc(C)cc2)cc1. The normalized spacial score (nSPS) is 12.2. The number of hydrazine groups is 1. The highest BCUT2D eigenvalue weighted by molar-refractivity contribution is 7.89. The highest BCUT2D eigenvalue weighted by Gasteiger charge is 2.18. The van der Waals surface area contributed by atoms with Crippen LogP contribution in [0.5, 0.6) is 0 Å². The molecule has 2 rings (SSSR count). The smallest absolute Gasteiger partial charge is 0.269 e. The Morgan fingerprint density at radius 3 is 1.86 bits per heavy atom. The molecule has 2 aromatic rings. The molecule has 2 amide bonds. The Labute approximate surface area is 164 Å². The molecule has 9 heteroatoms. The van der Waals surface area contributed by atoms with Gasteiger partial charge in [-0.05, 0) is 50.2 Å². The maximum Gasteiger partial charge on any atom is 0.269 e. The van der Waals surface area contributed by atoms with Crippen molar-refractivity contribution in [2.24, 2.45) is 0 Å². The molecule has 0 fully saturated rings. The molecule has 0 aromatic heterocycles. The summed E-state index contributed by atoms with van der Waals surface area (Å²) in [4.78, 5) is 24.2. The zero-order valence-electron chi connectivity index (χ0n) is 15.9. The molecule has 150 valence electrons. The van der Waals surface area contributed by atoms with Crippen LogP contribution >= 0.6 is 0 Å². The molecule has 0 aliphatic carbocycles. The first-order valence-electron chi connectivity index (χ1n) is 8.51. The number of carbonyl (C=O) groups is 2. The molecular formula is C19H23N3O5S. The molecule has 0 radical (unpaired) electrons. The van der Waals surface area contributed by atoms with Crippen molar-refractivity contribution in [1.82, 2.24) is 15.6 Å². The molecule has 0 aliphatic rings. The molecule has 1 atom stereocenters. The summed E-state index contributed by atoms with van der Waals surface area (Å²) in [6.07, 6.45) is 0. The van der Waals surface area contributed by atoms with Gasteiger partial charge < -0.3 is 4.74 Å². The molecule has 0 heterocycles. The third kappa shape index (κ3) is 5.88. The lowest BCUT2D eigenvalue weighted by atomic mass is 10.1. The van der Waals surface area contributed by atoms with Crippen LogP contribution < -0.4 is 15.6 Å². The van der Waals surface area contributed by atoms with Crippen molar-refractivity contribution >= 4 is 21.8 Å². The van der Waals surface area contributed by atoms with Crippen LogP contribution in [0.1, 0.15) is 33.2 Å². The van der Waals surface area contributed by atoms with Gasteiger partial charge in [0, 0.05) is 24.3 Å². The molecule has 3 N–H and O–H groups in total. The Hall–Kier alpha value is -2.75. The largest absolute Gasteiger partial charge is 0.383 e. The van der Waals surface area contributed by atoms with Crippen LogP contribution in [-0.4, -0.2) is 40.0 Å². The van der Waals surface area contributed by atoms with Gasteiger partial charge >= 0.3 is 0 Å². The Balaban J connectivity index is 1.97. The van der Waals surface area contributed by atoms with E-state index < -0.39 is 27.9 Å². The van der Waals surface area contributed by atoms with Gasteiger partial charge in [-0.15, -0.1) is 0 Å². The van der Waals surface area contributed by atoms with Gasteiger partial charge in [-0.2, -0.15) is 0 Å². The van der Waals surface area contributed by atoms with Crippen molar-refractivity contribution in [1.29, 1.82) is 0 Å². The minimum absolute atomic E-state index is 0.0238. The summed E-state index contributed by atoms with van der Waals surface area (Å²) < 4.78 is 31.9. The van der Waals surface area contributed by atoms with Gasteiger partial charge in [-0.3, -0.25) is 20.4 Å². The Morgan fingerprint density at radius 2 is 1.39 bits per heavy atom. The molecule has 8 nitrogen and oxygen atoms in total. The Morgan fingerprint density at radius 1 is 0.929 bits per heavy atom. The Bertz CT molecular complexity index is 925. The lowest BCUT2D eigenvalue weighted by Crippen LogP contribution is -2.41. The number of benzene rings is 2. The minimum Gasteiger partial charge on any atom is -0.383 e. The zero-order valence-corrected chi connectivity index (χ0v) is 16.7. The van der Waals surface area contributed by atoms with Gasteiger partial charge in [-0.25, -0.2) is 13.1 Å². The second-order valence-corrected chi connectivity index (χ2v) is 7.99. The van der Waals surface area contributed by atoms with Crippen molar-refractivity contribution in [2.45, 2.75) is 24.8 Å². The molecule has 0 unspecified atom stereocenters.